The maximum Gasteiger partial charge on any atom is 0.191 e. The molecule has 0 radical (unpaired) electrons. The van der Waals surface area contributed by atoms with Crippen LogP contribution in [0.15, 0.2) is 22.5 Å². The highest BCUT2D eigenvalue weighted by atomic mass is 127. The Morgan fingerprint density at radius 1 is 1.38 bits per heavy atom. The van der Waals surface area contributed by atoms with Gasteiger partial charge in [0, 0.05) is 36.7 Å². The van der Waals surface area contributed by atoms with Crippen LogP contribution in [-0.2, 0) is 15.3 Å². The lowest BCUT2D eigenvalue weighted by molar-refractivity contribution is 0.519. The van der Waals surface area contributed by atoms with Gasteiger partial charge >= 0.3 is 0 Å². The monoisotopic (exact) mass is 445 g/mol. The Labute approximate surface area is 148 Å². The van der Waals surface area contributed by atoms with Crippen molar-refractivity contribution in [1.29, 1.82) is 0 Å². The van der Waals surface area contributed by atoms with E-state index in [1.807, 2.05) is 6.07 Å². The lowest BCUT2D eigenvalue weighted by Gasteiger charge is -2.25. The first-order valence-electron chi connectivity index (χ1n) is 6.41. The number of rotatable bonds is 6. The largest absolute Gasteiger partial charge is 0.356 e. The molecule has 8 heteroatoms. The van der Waals surface area contributed by atoms with Crippen LogP contribution < -0.4 is 10.6 Å². The summed E-state index contributed by atoms with van der Waals surface area (Å²) in [6, 6.07) is 4.16. The number of nitrogens with one attached hydrogen (secondary N) is 2. The molecule has 0 amide bonds. The minimum absolute atomic E-state index is 0. The number of hydrogen-bond donors (Lipinski definition) is 2. The molecule has 0 fully saturated rings. The highest BCUT2D eigenvalue weighted by molar-refractivity contribution is 14.0. The van der Waals surface area contributed by atoms with E-state index in [-0.39, 0.29) is 35.1 Å². The summed E-state index contributed by atoms with van der Waals surface area (Å²) < 4.78 is 22.1. The van der Waals surface area contributed by atoms with E-state index in [9.17, 15) is 8.42 Å². The number of guanidine groups is 1. The second-order valence-corrected chi connectivity index (χ2v) is 8.55. The van der Waals surface area contributed by atoms with Crippen LogP contribution in [0.4, 0.5) is 0 Å². The summed E-state index contributed by atoms with van der Waals surface area (Å²) in [4.78, 5) is 5.40. The maximum absolute atomic E-state index is 11.1. The lowest BCUT2D eigenvalue weighted by Crippen LogP contribution is -2.44. The van der Waals surface area contributed by atoms with Gasteiger partial charge in [-0.2, -0.15) is 0 Å². The zero-order chi connectivity index (χ0) is 15.2. The zero-order valence-corrected chi connectivity index (χ0v) is 16.8. The number of halogens is 1. The second kappa shape index (κ2) is 8.94. The van der Waals surface area contributed by atoms with Crippen LogP contribution in [0.2, 0.25) is 0 Å². The van der Waals surface area contributed by atoms with Gasteiger partial charge in [-0.05, 0) is 11.4 Å². The SMILES string of the molecule is CN=C(NCCS(C)(=O)=O)NCC(C)(C)c1cccs1.I. The summed E-state index contributed by atoms with van der Waals surface area (Å²) in [5, 5.41) is 8.31. The average Bonchev–Trinajstić information content (AvgIpc) is 2.86. The summed E-state index contributed by atoms with van der Waals surface area (Å²) in [6.45, 7) is 5.41. The molecule has 1 heterocycles. The van der Waals surface area contributed by atoms with Gasteiger partial charge in [0.2, 0.25) is 0 Å². The molecule has 0 aliphatic heterocycles. The van der Waals surface area contributed by atoms with Crippen molar-refractivity contribution >= 4 is 51.1 Å². The third-order valence-electron chi connectivity index (χ3n) is 2.87. The van der Waals surface area contributed by atoms with Crippen LogP contribution in [0, 0.1) is 0 Å². The first kappa shape index (κ1) is 20.6. The number of thiophene rings is 1. The number of sulfone groups is 1. The molecule has 1 aromatic rings. The molecule has 2 N–H and O–H groups in total. The van der Waals surface area contributed by atoms with Gasteiger partial charge in [-0.3, -0.25) is 4.99 Å². The van der Waals surface area contributed by atoms with E-state index in [1.165, 1.54) is 11.1 Å². The highest BCUT2D eigenvalue weighted by Gasteiger charge is 2.21. The lowest BCUT2D eigenvalue weighted by atomic mass is 9.91. The Hall–Kier alpha value is -0.350. The fourth-order valence-corrected chi connectivity index (χ4v) is 2.96. The van der Waals surface area contributed by atoms with E-state index in [0.29, 0.717) is 12.5 Å². The minimum Gasteiger partial charge on any atom is -0.356 e. The third-order valence-corrected chi connectivity index (χ3v) is 5.06. The van der Waals surface area contributed by atoms with Crippen molar-refractivity contribution in [2.24, 2.45) is 4.99 Å². The molecule has 0 bridgehead atoms. The summed E-state index contributed by atoms with van der Waals surface area (Å²) in [6.07, 6.45) is 1.23. The topological polar surface area (TPSA) is 70.6 Å². The number of aliphatic imine (C=N–C) groups is 1. The average molecular weight is 445 g/mol. The van der Waals surface area contributed by atoms with E-state index in [2.05, 4.69) is 40.9 Å². The Balaban J connectivity index is 0.00000400. The molecule has 0 unspecified atom stereocenters. The van der Waals surface area contributed by atoms with E-state index in [0.717, 1.165) is 6.54 Å². The smallest absolute Gasteiger partial charge is 0.191 e. The van der Waals surface area contributed by atoms with Crippen LogP contribution in [0.1, 0.15) is 18.7 Å². The Bertz CT molecular complexity index is 540. The second-order valence-electron chi connectivity index (χ2n) is 5.34. The molecule has 0 saturated heterocycles. The van der Waals surface area contributed by atoms with Gasteiger partial charge in [0.1, 0.15) is 9.84 Å². The predicted molar refractivity (Wildman–Crippen MR) is 102 cm³/mol. The number of nitrogens with zero attached hydrogens (tertiary/aromatic N) is 1. The molecule has 0 aromatic carbocycles. The summed E-state index contributed by atoms with van der Waals surface area (Å²) in [5.74, 6) is 0.723. The van der Waals surface area contributed by atoms with Crippen LogP contribution in [0.25, 0.3) is 0 Å². The molecule has 0 saturated carbocycles. The van der Waals surface area contributed by atoms with Crippen molar-refractivity contribution in [3.05, 3.63) is 22.4 Å². The molecule has 0 aliphatic rings. The number of hydrogen-bond acceptors (Lipinski definition) is 4. The van der Waals surface area contributed by atoms with Gasteiger partial charge in [-0.25, -0.2) is 8.42 Å². The van der Waals surface area contributed by atoms with Crippen molar-refractivity contribution in [2.45, 2.75) is 19.3 Å². The summed E-state index contributed by atoms with van der Waals surface area (Å²) in [5.41, 5.74) is 0.00260. The van der Waals surface area contributed by atoms with Crippen molar-refractivity contribution < 1.29 is 8.42 Å². The maximum atomic E-state index is 11.1. The molecule has 0 spiro atoms. The Morgan fingerprint density at radius 3 is 2.52 bits per heavy atom. The first-order chi connectivity index (χ1) is 9.24. The van der Waals surface area contributed by atoms with Crippen LogP contribution in [-0.4, -0.2) is 46.5 Å². The van der Waals surface area contributed by atoms with Gasteiger partial charge in [0.15, 0.2) is 5.96 Å². The third kappa shape index (κ3) is 8.01. The van der Waals surface area contributed by atoms with Gasteiger partial charge < -0.3 is 10.6 Å². The first-order valence-corrected chi connectivity index (χ1v) is 9.35. The molecule has 1 aromatic heterocycles. The molecule has 122 valence electrons. The minimum atomic E-state index is -2.95. The molecule has 0 atom stereocenters. The van der Waals surface area contributed by atoms with Crippen molar-refractivity contribution in [3.8, 4) is 0 Å². The van der Waals surface area contributed by atoms with Crippen LogP contribution in [0.3, 0.4) is 0 Å². The molecular formula is C13H24IN3O2S2. The molecular weight excluding hydrogens is 421 g/mol. The Kier molecular flexibility index (Phi) is 8.79. The van der Waals surface area contributed by atoms with Crippen LogP contribution >= 0.6 is 35.3 Å². The van der Waals surface area contributed by atoms with E-state index in [4.69, 9.17) is 0 Å². The van der Waals surface area contributed by atoms with E-state index < -0.39 is 9.84 Å². The summed E-state index contributed by atoms with van der Waals surface area (Å²) >= 11 is 1.73. The normalized spacial score (nSPS) is 12.7. The zero-order valence-electron chi connectivity index (χ0n) is 12.8. The molecule has 21 heavy (non-hydrogen) atoms. The van der Waals surface area contributed by atoms with Crippen molar-refractivity contribution in [1.82, 2.24) is 10.6 Å². The van der Waals surface area contributed by atoms with Gasteiger partial charge in [-0.15, -0.1) is 35.3 Å². The standard InChI is InChI=1S/C13H23N3O2S2.HI/c1-13(2,11-6-5-8-19-11)10-16-12(14-3)15-7-9-20(4,17)18;/h5-6,8H,7,9-10H2,1-4H3,(H2,14,15,16);1H. The Morgan fingerprint density at radius 2 is 2.05 bits per heavy atom. The predicted octanol–water partition coefficient (Wildman–Crippen LogP) is 1.85. The highest BCUT2D eigenvalue weighted by Crippen LogP contribution is 2.26. The van der Waals surface area contributed by atoms with Gasteiger partial charge in [0.05, 0.1) is 5.75 Å². The molecule has 5 nitrogen and oxygen atoms in total. The summed E-state index contributed by atoms with van der Waals surface area (Å²) in [7, 11) is -1.28. The van der Waals surface area contributed by atoms with E-state index in [1.54, 1.807) is 18.4 Å². The van der Waals surface area contributed by atoms with Gasteiger partial charge in [-0.1, -0.05) is 19.9 Å². The van der Waals surface area contributed by atoms with Crippen molar-refractivity contribution in [3.63, 3.8) is 0 Å². The van der Waals surface area contributed by atoms with E-state index >= 15 is 0 Å². The fraction of sp³-hybridized carbons (Fsp3) is 0.615. The molecule has 0 aliphatic carbocycles. The molecule has 1 rings (SSSR count). The van der Waals surface area contributed by atoms with Gasteiger partial charge in [0.25, 0.3) is 0 Å². The van der Waals surface area contributed by atoms with Crippen LogP contribution in [0.5, 0.6) is 0 Å². The van der Waals surface area contributed by atoms with Crippen molar-refractivity contribution in [2.75, 3.05) is 32.1 Å². The quantitative estimate of drug-likeness (QED) is 0.399. The fourth-order valence-electron chi connectivity index (χ4n) is 1.63.